The third-order valence-corrected chi connectivity index (χ3v) is 6.23. The summed E-state index contributed by atoms with van der Waals surface area (Å²) in [5, 5.41) is 0.797. The Labute approximate surface area is 189 Å². The summed E-state index contributed by atoms with van der Waals surface area (Å²) in [7, 11) is 0. The molecule has 5 rings (SSSR count). The van der Waals surface area contributed by atoms with Gasteiger partial charge in [-0.3, -0.25) is 14.5 Å². The minimum absolute atomic E-state index is 0.0628. The van der Waals surface area contributed by atoms with Crippen LogP contribution in [0.1, 0.15) is 22.5 Å². The van der Waals surface area contributed by atoms with Crippen LogP contribution in [0.15, 0.2) is 71.0 Å². The molecule has 156 valence electrons. The second-order valence-electron chi connectivity index (χ2n) is 7.56. The van der Waals surface area contributed by atoms with Crippen LogP contribution in [0.3, 0.4) is 0 Å². The molecule has 1 aromatic heterocycles. The summed E-state index contributed by atoms with van der Waals surface area (Å²) in [5.41, 5.74) is 3.58. The quantitative estimate of drug-likeness (QED) is 0.526. The number of benzene rings is 2. The average Bonchev–Trinajstić information content (AvgIpc) is 3.36. The van der Waals surface area contributed by atoms with Crippen molar-refractivity contribution in [1.82, 2.24) is 9.80 Å². The van der Waals surface area contributed by atoms with Gasteiger partial charge in [-0.25, -0.2) is 0 Å². The lowest BCUT2D eigenvalue weighted by Crippen LogP contribution is -2.37. The number of imide groups is 1. The van der Waals surface area contributed by atoms with Gasteiger partial charge < -0.3 is 9.32 Å². The van der Waals surface area contributed by atoms with Crippen molar-refractivity contribution < 1.29 is 14.0 Å². The molecule has 2 aliphatic rings. The molecule has 0 N–H and O–H groups in total. The van der Waals surface area contributed by atoms with Crippen LogP contribution in [-0.2, 0) is 29.1 Å². The zero-order chi connectivity index (χ0) is 21.5. The average molecular weight is 453 g/mol. The van der Waals surface area contributed by atoms with E-state index in [4.69, 9.17) is 27.6 Å². The number of halogens is 2. The molecule has 0 fully saturated rings. The topological polar surface area (TPSA) is 53.8 Å². The first-order valence-electron chi connectivity index (χ1n) is 9.93. The van der Waals surface area contributed by atoms with Crippen molar-refractivity contribution in [3.63, 3.8) is 0 Å². The molecule has 0 saturated heterocycles. The number of amides is 2. The molecular weight excluding hydrogens is 435 g/mol. The zero-order valence-electron chi connectivity index (χ0n) is 16.5. The van der Waals surface area contributed by atoms with E-state index in [2.05, 4.69) is 12.1 Å². The first-order chi connectivity index (χ1) is 15.0. The molecule has 3 heterocycles. The maximum Gasteiger partial charge on any atom is 0.278 e. The number of nitrogens with zero attached hydrogens (tertiary/aromatic N) is 2. The summed E-state index contributed by atoms with van der Waals surface area (Å²) in [6, 6.07) is 16.6. The number of carbonyl (C=O) groups is 2. The molecule has 0 atom stereocenters. The third-order valence-electron chi connectivity index (χ3n) is 5.68. The van der Waals surface area contributed by atoms with Gasteiger partial charge in [-0.05, 0) is 41.8 Å². The van der Waals surface area contributed by atoms with Gasteiger partial charge in [0.25, 0.3) is 11.8 Å². The van der Waals surface area contributed by atoms with Crippen molar-refractivity contribution in [1.29, 1.82) is 0 Å². The Hall–Kier alpha value is -3.02. The Balaban J connectivity index is 1.60. The van der Waals surface area contributed by atoms with E-state index < -0.39 is 0 Å². The zero-order valence-corrected chi connectivity index (χ0v) is 18.0. The SMILES string of the molecule is O=C1C(c2ccc(Cl)cc2Cl)=C(N2CCc3ccccc3C2)C(=O)N1Cc1ccco1. The molecule has 2 aromatic carbocycles. The number of hydrogen-bond acceptors (Lipinski definition) is 4. The third kappa shape index (κ3) is 3.54. The maximum absolute atomic E-state index is 13.5. The lowest BCUT2D eigenvalue weighted by Gasteiger charge is -2.31. The van der Waals surface area contributed by atoms with E-state index in [0.717, 1.165) is 12.0 Å². The fourth-order valence-electron chi connectivity index (χ4n) is 4.18. The van der Waals surface area contributed by atoms with E-state index in [9.17, 15) is 9.59 Å². The largest absolute Gasteiger partial charge is 0.467 e. The predicted molar refractivity (Wildman–Crippen MR) is 118 cm³/mol. The van der Waals surface area contributed by atoms with Gasteiger partial charge in [-0.2, -0.15) is 0 Å². The standard InChI is InChI=1S/C24H18Cl2N2O3/c25-17-7-8-19(20(26)12-17)21-22(27-10-9-15-4-1-2-5-16(15)13-27)24(30)28(23(21)29)14-18-6-3-11-31-18/h1-8,11-12H,9-10,13-14H2. The Morgan fingerprint density at radius 3 is 2.48 bits per heavy atom. The monoisotopic (exact) mass is 452 g/mol. The highest BCUT2D eigenvalue weighted by Gasteiger charge is 2.43. The van der Waals surface area contributed by atoms with E-state index >= 15 is 0 Å². The van der Waals surface area contributed by atoms with Gasteiger partial charge in [0.2, 0.25) is 0 Å². The van der Waals surface area contributed by atoms with Gasteiger partial charge in [0, 0.05) is 23.7 Å². The minimum Gasteiger partial charge on any atom is -0.467 e. The predicted octanol–water partition coefficient (Wildman–Crippen LogP) is 4.92. The summed E-state index contributed by atoms with van der Waals surface area (Å²) in [6.45, 7) is 1.25. The van der Waals surface area contributed by atoms with Crippen molar-refractivity contribution in [3.05, 3.63) is 99.1 Å². The van der Waals surface area contributed by atoms with Crippen LogP contribution < -0.4 is 0 Å². The van der Waals surface area contributed by atoms with Crippen LogP contribution in [-0.4, -0.2) is 28.2 Å². The van der Waals surface area contributed by atoms with E-state index in [0.29, 0.717) is 45.7 Å². The molecule has 7 heteroatoms. The lowest BCUT2D eigenvalue weighted by atomic mass is 9.98. The van der Waals surface area contributed by atoms with Crippen LogP contribution in [0.4, 0.5) is 0 Å². The Bertz CT molecular complexity index is 1220. The van der Waals surface area contributed by atoms with Gasteiger partial charge in [0.05, 0.1) is 23.4 Å². The molecule has 0 bridgehead atoms. The van der Waals surface area contributed by atoms with Gasteiger partial charge in [-0.1, -0.05) is 53.5 Å². The maximum atomic E-state index is 13.5. The summed E-state index contributed by atoms with van der Waals surface area (Å²) < 4.78 is 5.38. The summed E-state index contributed by atoms with van der Waals surface area (Å²) in [5.74, 6) is -0.199. The summed E-state index contributed by atoms with van der Waals surface area (Å²) >= 11 is 12.5. The van der Waals surface area contributed by atoms with Gasteiger partial charge in [-0.15, -0.1) is 0 Å². The summed E-state index contributed by atoms with van der Waals surface area (Å²) in [6.07, 6.45) is 2.31. The smallest absolute Gasteiger partial charge is 0.278 e. The van der Waals surface area contributed by atoms with E-state index in [1.807, 2.05) is 17.0 Å². The first-order valence-corrected chi connectivity index (χ1v) is 10.7. The highest BCUT2D eigenvalue weighted by molar-refractivity contribution is 6.41. The Morgan fingerprint density at radius 1 is 0.935 bits per heavy atom. The Kier molecular flexibility index (Phi) is 5.08. The number of furan rings is 1. The number of fused-ring (bicyclic) bond motifs is 1. The van der Waals surface area contributed by atoms with Crippen LogP contribution in [0.25, 0.3) is 5.57 Å². The van der Waals surface area contributed by atoms with E-state index in [-0.39, 0.29) is 18.4 Å². The van der Waals surface area contributed by atoms with Crippen molar-refractivity contribution in [2.75, 3.05) is 6.54 Å². The molecule has 2 amide bonds. The molecule has 0 spiro atoms. The lowest BCUT2D eigenvalue weighted by molar-refractivity contribution is -0.138. The van der Waals surface area contributed by atoms with Crippen molar-refractivity contribution in [3.8, 4) is 0 Å². The van der Waals surface area contributed by atoms with Gasteiger partial charge in [0.15, 0.2) is 0 Å². The molecule has 31 heavy (non-hydrogen) atoms. The van der Waals surface area contributed by atoms with Crippen molar-refractivity contribution >= 4 is 40.6 Å². The molecule has 0 saturated carbocycles. The van der Waals surface area contributed by atoms with Gasteiger partial charge in [0.1, 0.15) is 11.5 Å². The normalized spacial score (nSPS) is 16.3. The molecule has 0 aliphatic carbocycles. The fourth-order valence-corrected chi connectivity index (χ4v) is 4.68. The first kappa shape index (κ1) is 19.9. The van der Waals surface area contributed by atoms with E-state index in [1.165, 1.54) is 16.7 Å². The molecule has 3 aromatic rings. The van der Waals surface area contributed by atoms with E-state index in [1.54, 1.807) is 30.3 Å². The van der Waals surface area contributed by atoms with Crippen LogP contribution in [0.5, 0.6) is 0 Å². The fraction of sp³-hybridized carbons (Fsp3) is 0.167. The number of hydrogen-bond donors (Lipinski definition) is 0. The van der Waals surface area contributed by atoms with Crippen LogP contribution in [0, 0.1) is 0 Å². The molecule has 0 unspecified atom stereocenters. The molecule has 0 radical (unpaired) electrons. The summed E-state index contributed by atoms with van der Waals surface area (Å²) in [4.78, 5) is 30.2. The highest BCUT2D eigenvalue weighted by atomic mass is 35.5. The highest BCUT2D eigenvalue weighted by Crippen LogP contribution is 2.38. The number of carbonyl (C=O) groups excluding carboxylic acids is 2. The molecular formula is C24H18Cl2N2O3. The van der Waals surface area contributed by atoms with Crippen LogP contribution >= 0.6 is 23.2 Å². The minimum atomic E-state index is -0.389. The second kappa shape index (κ2) is 7.91. The van der Waals surface area contributed by atoms with Gasteiger partial charge >= 0.3 is 0 Å². The molecule has 2 aliphatic heterocycles. The number of rotatable bonds is 4. The van der Waals surface area contributed by atoms with Crippen molar-refractivity contribution in [2.24, 2.45) is 0 Å². The molecule has 5 nitrogen and oxygen atoms in total. The Morgan fingerprint density at radius 2 is 1.74 bits per heavy atom. The van der Waals surface area contributed by atoms with Crippen molar-refractivity contribution in [2.45, 2.75) is 19.5 Å². The van der Waals surface area contributed by atoms with Crippen LogP contribution in [0.2, 0.25) is 10.0 Å². The second-order valence-corrected chi connectivity index (χ2v) is 8.41.